The molecule has 82 valence electrons. The van der Waals surface area contributed by atoms with Crippen LogP contribution >= 0.6 is 0 Å². The monoisotopic (exact) mass is 198 g/mol. The quantitative estimate of drug-likeness (QED) is 0.507. The molecule has 0 saturated carbocycles. The Morgan fingerprint density at radius 1 is 1.43 bits per heavy atom. The van der Waals surface area contributed by atoms with Crippen molar-refractivity contribution in [3.63, 3.8) is 0 Å². The van der Waals surface area contributed by atoms with Crippen LogP contribution < -0.4 is 5.73 Å². The SMILES string of the molecule is CC(C)N1CCC(N(C)C(=N)N)CC1. The second-order valence-corrected chi connectivity index (χ2v) is 4.36. The largest absolute Gasteiger partial charge is 0.370 e. The van der Waals surface area contributed by atoms with Gasteiger partial charge >= 0.3 is 0 Å². The van der Waals surface area contributed by atoms with Crippen LogP contribution in [0.2, 0.25) is 0 Å². The molecule has 0 spiro atoms. The standard InChI is InChI=1S/C10H22N4/c1-8(2)14-6-4-9(5-7-14)13(3)10(11)12/h8-9H,4-7H2,1-3H3,(H3,11,12). The molecule has 0 aromatic rings. The molecule has 0 amide bonds. The molecule has 0 atom stereocenters. The molecule has 3 N–H and O–H groups in total. The summed E-state index contributed by atoms with van der Waals surface area (Å²) in [6.45, 7) is 6.71. The zero-order valence-corrected chi connectivity index (χ0v) is 9.45. The molecule has 0 aliphatic carbocycles. The molecule has 0 radical (unpaired) electrons. The lowest BCUT2D eigenvalue weighted by Crippen LogP contribution is -2.49. The maximum atomic E-state index is 7.36. The van der Waals surface area contributed by atoms with Crippen molar-refractivity contribution in [3.05, 3.63) is 0 Å². The van der Waals surface area contributed by atoms with E-state index >= 15 is 0 Å². The number of hydrogen-bond donors (Lipinski definition) is 2. The van der Waals surface area contributed by atoms with Crippen LogP contribution in [0, 0.1) is 5.41 Å². The van der Waals surface area contributed by atoms with E-state index in [0.717, 1.165) is 25.9 Å². The number of rotatable bonds is 2. The average molecular weight is 198 g/mol. The molecule has 1 aliphatic heterocycles. The zero-order chi connectivity index (χ0) is 10.7. The van der Waals surface area contributed by atoms with Crippen LogP contribution in [0.15, 0.2) is 0 Å². The number of likely N-dealkylation sites (tertiary alicyclic amines) is 1. The van der Waals surface area contributed by atoms with Gasteiger partial charge in [-0.1, -0.05) is 0 Å². The summed E-state index contributed by atoms with van der Waals surface area (Å²) < 4.78 is 0. The third-order valence-corrected chi connectivity index (χ3v) is 3.16. The van der Waals surface area contributed by atoms with Crippen molar-refractivity contribution in [2.45, 2.75) is 38.8 Å². The average Bonchev–Trinajstić information content (AvgIpc) is 2.16. The van der Waals surface area contributed by atoms with Gasteiger partial charge in [-0.05, 0) is 26.7 Å². The summed E-state index contributed by atoms with van der Waals surface area (Å²) in [6.07, 6.45) is 2.24. The predicted octanol–water partition coefficient (Wildman–Crippen LogP) is 0.684. The summed E-state index contributed by atoms with van der Waals surface area (Å²) in [7, 11) is 1.91. The normalized spacial score (nSPS) is 20.0. The fraction of sp³-hybridized carbons (Fsp3) is 0.900. The van der Waals surface area contributed by atoms with E-state index in [1.165, 1.54) is 0 Å². The summed E-state index contributed by atoms with van der Waals surface area (Å²) in [5.41, 5.74) is 5.46. The molecule has 1 saturated heterocycles. The molecule has 0 unspecified atom stereocenters. The summed E-state index contributed by atoms with van der Waals surface area (Å²) in [5, 5.41) is 7.36. The molecule has 1 heterocycles. The van der Waals surface area contributed by atoms with Crippen LogP contribution in [-0.4, -0.2) is 48.0 Å². The van der Waals surface area contributed by atoms with E-state index in [1.54, 1.807) is 0 Å². The first kappa shape index (κ1) is 11.3. The fourth-order valence-corrected chi connectivity index (χ4v) is 1.99. The molecular formula is C10H22N4. The predicted molar refractivity (Wildman–Crippen MR) is 59.4 cm³/mol. The zero-order valence-electron chi connectivity index (χ0n) is 9.45. The van der Waals surface area contributed by atoms with Crippen LogP contribution in [0.5, 0.6) is 0 Å². The fourth-order valence-electron chi connectivity index (χ4n) is 1.99. The Kier molecular flexibility index (Phi) is 3.75. The Bertz CT molecular complexity index is 194. The van der Waals surface area contributed by atoms with Crippen LogP contribution in [0.25, 0.3) is 0 Å². The van der Waals surface area contributed by atoms with Gasteiger partial charge in [0.1, 0.15) is 0 Å². The van der Waals surface area contributed by atoms with Crippen molar-refractivity contribution in [3.8, 4) is 0 Å². The van der Waals surface area contributed by atoms with Gasteiger partial charge < -0.3 is 15.5 Å². The van der Waals surface area contributed by atoms with Gasteiger partial charge in [-0.2, -0.15) is 0 Å². The van der Waals surface area contributed by atoms with E-state index in [-0.39, 0.29) is 5.96 Å². The maximum Gasteiger partial charge on any atom is 0.188 e. The van der Waals surface area contributed by atoms with Gasteiger partial charge in [0.05, 0.1) is 0 Å². The highest BCUT2D eigenvalue weighted by atomic mass is 15.3. The summed E-state index contributed by atoms with van der Waals surface area (Å²) in [6, 6.07) is 1.10. The van der Waals surface area contributed by atoms with Crippen molar-refractivity contribution in [1.82, 2.24) is 9.80 Å². The smallest absolute Gasteiger partial charge is 0.188 e. The Labute approximate surface area is 86.6 Å². The number of nitrogens with one attached hydrogen (secondary N) is 1. The summed E-state index contributed by atoms with van der Waals surface area (Å²) in [4.78, 5) is 4.36. The summed E-state index contributed by atoms with van der Waals surface area (Å²) >= 11 is 0. The minimum atomic E-state index is 0.188. The van der Waals surface area contributed by atoms with Gasteiger partial charge in [-0.3, -0.25) is 5.41 Å². The van der Waals surface area contributed by atoms with Gasteiger partial charge in [-0.25, -0.2) is 0 Å². The second kappa shape index (κ2) is 4.64. The van der Waals surface area contributed by atoms with Crippen LogP contribution in [-0.2, 0) is 0 Å². The molecule has 14 heavy (non-hydrogen) atoms. The molecule has 0 bridgehead atoms. The first-order chi connectivity index (χ1) is 6.52. The van der Waals surface area contributed by atoms with Crippen molar-refractivity contribution in [2.24, 2.45) is 5.73 Å². The second-order valence-electron chi connectivity index (χ2n) is 4.36. The minimum Gasteiger partial charge on any atom is -0.370 e. The third kappa shape index (κ3) is 2.61. The van der Waals surface area contributed by atoms with Gasteiger partial charge in [0.25, 0.3) is 0 Å². The van der Waals surface area contributed by atoms with Gasteiger partial charge in [0.15, 0.2) is 5.96 Å². The van der Waals surface area contributed by atoms with E-state index in [9.17, 15) is 0 Å². The highest BCUT2D eigenvalue weighted by Gasteiger charge is 2.23. The summed E-state index contributed by atoms with van der Waals surface area (Å²) in [5.74, 6) is 0.188. The lowest BCUT2D eigenvalue weighted by molar-refractivity contribution is 0.136. The number of piperidine rings is 1. The van der Waals surface area contributed by atoms with E-state index in [2.05, 4.69) is 18.7 Å². The third-order valence-electron chi connectivity index (χ3n) is 3.16. The number of hydrogen-bond acceptors (Lipinski definition) is 2. The van der Waals surface area contributed by atoms with Crippen molar-refractivity contribution >= 4 is 5.96 Å². The van der Waals surface area contributed by atoms with Crippen LogP contribution in [0.3, 0.4) is 0 Å². The Morgan fingerprint density at radius 3 is 2.29 bits per heavy atom. The maximum absolute atomic E-state index is 7.36. The van der Waals surface area contributed by atoms with Gasteiger partial charge in [0.2, 0.25) is 0 Å². The van der Waals surface area contributed by atoms with Gasteiger partial charge in [0, 0.05) is 32.2 Å². The highest BCUT2D eigenvalue weighted by Crippen LogP contribution is 2.16. The van der Waals surface area contributed by atoms with Crippen molar-refractivity contribution in [2.75, 3.05) is 20.1 Å². The number of guanidine groups is 1. The first-order valence-corrected chi connectivity index (χ1v) is 5.33. The first-order valence-electron chi connectivity index (χ1n) is 5.33. The molecular weight excluding hydrogens is 176 g/mol. The number of nitrogens with two attached hydrogens (primary N) is 1. The molecule has 1 fully saturated rings. The van der Waals surface area contributed by atoms with E-state index in [1.807, 2.05) is 11.9 Å². The molecule has 0 aromatic heterocycles. The van der Waals surface area contributed by atoms with Crippen molar-refractivity contribution in [1.29, 1.82) is 5.41 Å². The Morgan fingerprint density at radius 2 is 1.93 bits per heavy atom. The molecule has 1 aliphatic rings. The minimum absolute atomic E-state index is 0.188. The molecule has 0 aromatic carbocycles. The lowest BCUT2D eigenvalue weighted by atomic mass is 10.0. The van der Waals surface area contributed by atoms with Crippen LogP contribution in [0.1, 0.15) is 26.7 Å². The van der Waals surface area contributed by atoms with Crippen molar-refractivity contribution < 1.29 is 0 Å². The van der Waals surface area contributed by atoms with Crippen LogP contribution in [0.4, 0.5) is 0 Å². The topological polar surface area (TPSA) is 56.4 Å². The highest BCUT2D eigenvalue weighted by molar-refractivity contribution is 5.74. The van der Waals surface area contributed by atoms with Gasteiger partial charge in [-0.15, -0.1) is 0 Å². The molecule has 4 heteroatoms. The molecule has 1 rings (SSSR count). The lowest BCUT2D eigenvalue weighted by Gasteiger charge is -2.38. The van der Waals surface area contributed by atoms with E-state index < -0.39 is 0 Å². The molecule has 4 nitrogen and oxygen atoms in total. The van der Waals surface area contributed by atoms with E-state index in [0.29, 0.717) is 12.1 Å². The Hall–Kier alpha value is -0.770. The van der Waals surface area contributed by atoms with E-state index in [4.69, 9.17) is 11.1 Å². The Balaban J connectivity index is 2.39. The number of nitrogens with zero attached hydrogens (tertiary/aromatic N) is 2.